The molecule has 88 valence electrons. The molecule has 17 heavy (non-hydrogen) atoms. The first-order chi connectivity index (χ1) is 8.20. The molecule has 0 aliphatic carbocycles. The SMILES string of the molecule is COc1ccc(Cc2c(C)ccc[n+]2C)cc1. The van der Waals surface area contributed by atoms with Gasteiger partial charge in [-0.15, -0.1) is 0 Å². The second kappa shape index (κ2) is 5.00. The number of hydrogen-bond acceptors (Lipinski definition) is 1. The van der Waals surface area contributed by atoms with E-state index in [0.29, 0.717) is 0 Å². The van der Waals surface area contributed by atoms with Crippen molar-refractivity contribution in [1.82, 2.24) is 0 Å². The van der Waals surface area contributed by atoms with Gasteiger partial charge in [0.15, 0.2) is 11.9 Å². The van der Waals surface area contributed by atoms with Crippen molar-refractivity contribution in [1.29, 1.82) is 0 Å². The molecule has 2 nitrogen and oxygen atoms in total. The molecule has 0 unspecified atom stereocenters. The maximum absolute atomic E-state index is 5.16. The molecule has 2 heteroatoms. The number of methoxy groups -OCH3 is 1. The van der Waals surface area contributed by atoms with Gasteiger partial charge >= 0.3 is 0 Å². The van der Waals surface area contributed by atoms with Gasteiger partial charge in [0.1, 0.15) is 12.8 Å². The zero-order valence-corrected chi connectivity index (χ0v) is 10.6. The summed E-state index contributed by atoms with van der Waals surface area (Å²) < 4.78 is 7.34. The zero-order chi connectivity index (χ0) is 12.3. The number of aromatic nitrogens is 1. The number of pyridine rings is 1. The maximum atomic E-state index is 5.16. The quantitative estimate of drug-likeness (QED) is 0.735. The number of ether oxygens (including phenoxy) is 1. The first-order valence-electron chi connectivity index (χ1n) is 5.78. The van der Waals surface area contributed by atoms with Gasteiger partial charge < -0.3 is 4.74 Å². The lowest BCUT2D eigenvalue weighted by Crippen LogP contribution is -2.34. The molecular weight excluding hydrogens is 210 g/mol. The number of aryl methyl sites for hydroxylation is 2. The summed E-state index contributed by atoms with van der Waals surface area (Å²) in [5.74, 6) is 0.905. The lowest BCUT2D eigenvalue weighted by molar-refractivity contribution is -0.679. The van der Waals surface area contributed by atoms with Crippen LogP contribution in [0.2, 0.25) is 0 Å². The molecule has 0 radical (unpaired) electrons. The first-order valence-corrected chi connectivity index (χ1v) is 5.78. The maximum Gasteiger partial charge on any atom is 0.188 e. The summed E-state index contributed by atoms with van der Waals surface area (Å²) in [5.41, 5.74) is 3.97. The third-order valence-corrected chi connectivity index (χ3v) is 3.07. The van der Waals surface area contributed by atoms with Crippen LogP contribution in [0.25, 0.3) is 0 Å². The van der Waals surface area contributed by atoms with Crippen molar-refractivity contribution in [2.75, 3.05) is 7.11 Å². The van der Waals surface area contributed by atoms with Crippen molar-refractivity contribution in [3.8, 4) is 5.75 Å². The minimum absolute atomic E-state index is 0.905. The second-order valence-corrected chi connectivity index (χ2v) is 4.27. The fourth-order valence-electron chi connectivity index (χ4n) is 1.98. The summed E-state index contributed by atoms with van der Waals surface area (Å²) in [7, 11) is 3.78. The van der Waals surface area contributed by atoms with E-state index < -0.39 is 0 Å². The van der Waals surface area contributed by atoms with Crippen molar-refractivity contribution >= 4 is 0 Å². The van der Waals surface area contributed by atoms with E-state index in [1.54, 1.807) is 7.11 Å². The molecule has 1 heterocycles. The predicted octanol–water partition coefficient (Wildman–Crippen LogP) is 2.42. The van der Waals surface area contributed by atoms with Gasteiger partial charge in [0, 0.05) is 11.6 Å². The molecule has 0 spiro atoms. The Morgan fingerprint density at radius 1 is 1.12 bits per heavy atom. The van der Waals surface area contributed by atoms with Gasteiger partial charge in [-0.25, -0.2) is 4.57 Å². The minimum atomic E-state index is 0.905. The number of hydrogen-bond donors (Lipinski definition) is 0. The van der Waals surface area contributed by atoms with Crippen LogP contribution in [0, 0.1) is 6.92 Å². The van der Waals surface area contributed by atoms with E-state index in [2.05, 4.69) is 49.0 Å². The molecule has 0 saturated carbocycles. The lowest BCUT2D eigenvalue weighted by Gasteiger charge is -2.05. The third kappa shape index (κ3) is 2.64. The molecule has 2 aromatic rings. The number of benzene rings is 1. The van der Waals surface area contributed by atoms with Crippen LogP contribution in [0.1, 0.15) is 16.8 Å². The number of nitrogens with zero attached hydrogens (tertiary/aromatic N) is 1. The topological polar surface area (TPSA) is 13.1 Å². The van der Waals surface area contributed by atoms with E-state index in [1.165, 1.54) is 16.8 Å². The molecule has 1 aromatic heterocycles. The minimum Gasteiger partial charge on any atom is -0.497 e. The van der Waals surface area contributed by atoms with Crippen molar-refractivity contribution < 1.29 is 9.30 Å². The molecule has 0 aliphatic rings. The molecule has 0 atom stereocenters. The monoisotopic (exact) mass is 228 g/mol. The fraction of sp³-hybridized carbons (Fsp3) is 0.267. The van der Waals surface area contributed by atoms with Gasteiger partial charge in [-0.1, -0.05) is 12.1 Å². The summed E-state index contributed by atoms with van der Waals surface area (Å²) in [5, 5.41) is 0. The van der Waals surface area contributed by atoms with Crippen molar-refractivity contribution in [3.63, 3.8) is 0 Å². The van der Waals surface area contributed by atoms with Crippen LogP contribution < -0.4 is 9.30 Å². The standard InChI is InChI=1S/C15H18NO/c1-12-5-4-10-16(2)15(12)11-13-6-8-14(17-3)9-7-13/h4-10H,11H2,1-3H3/q+1. The molecule has 0 amide bonds. The summed E-state index contributed by atoms with van der Waals surface area (Å²) in [6, 6.07) is 12.5. The Bertz CT molecular complexity index is 483. The Morgan fingerprint density at radius 3 is 2.41 bits per heavy atom. The van der Waals surface area contributed by atoms with Crippen molar-refractivity contribution in [2.24, 2.45) is 7.05 Å². The first kappa shape index (κ1) is 11.6. The van der Waals surface area contributed by atoms with E-state index in [0.717, 1.165) is 12.2 Å². The van der Waals surface area contributed by atoms with Crippen LogP contribution in [0.4, 0.5) is 0 Å². The Kier molecular flexibility index (Phi) is 3.43. The van der Waals surface area contributed by atoms with Gasteiger partial charge in [-0.3, -0.25) is 0 Å². The Morgan fingerprint density at radius 2 is 1.82 bits per heavy atom. The highest BCUT2D eigenvalue weighted by atomic mass is 16.5. The van der Waals surface area contributed by atoms with Gasteiger partial charge in [0.25, 0.3) is 0 Å². The molecule has 0 N–H and O–H groups in total. The smallest absolute Gasteiger partial charge is 0.188 e. The zero-order valence-electron chi connectivity index (χ0n) is 10.6. The molecule has 0 bridgehead atoms. The lowest BCUT2D eigenvalue weighted by atomic mass is 10.1. The van der Waals surface area contributed by atoms with Crippen LogP contribution >= 0.6 is 0 Å². The van der Waals surface area contributed by atoms with E-state index in [-0.39, 0.29) is 0 Å². The second-order valence-electron chi connectivity index (χ2n) is 4.27. The molecular formula is C15H18NO+. The number of rotatable bonds is 3. The average molecular weight is 228 g/mol. The fourth-order valence-corrected chi connectivity index (χ4v) is 1.98. The van der Waals surface area contributed by atoms with Gasteiger partial charge in [0.2, 0.25) is 0 Å². The van der Waals surface area contributed by atoms with Crippen LogP contribution in [-0.4, -0.2) is 7.11 Å². The summed E-state index contributed by atoms with van der Waals surface area (Å²) in [6.45, 7) is 2.15. The van der Waals surface area contributed by atoms with Crippen LogP contribution in [-0.2, 0) is 13.5 Å². The Hall–Kier alpha value is -1.83. The normalized spacial score (nSPS) is 10.3. The summed E-state index contributed by atoms with van der Waals surface area (Å²) in [6.07, 6.45) is 3.04. The third-order valence-electron chi connectivity index (χ3n) is 3.07. The predicted molar refractivity (Wildman–Crippen MR) is 68.2 cm³/mol. The molecule has 0 saturated heterocycles. The highest BCUT2D eigenvalue weighted by Crippen LogP contribution is 2.14. The molecule has 0 fully saturated rings. The van der Waals surface area contributed by atoms with Crippen molar-refractivity contribution in [2.45, 2.75) is 13.3 Å². The highest BCUT2D eigenvalue weighted by Gasteiger charge is 2.10. The average Bonchev–Trinajstić information content (AvgIpc) is 2.35. The van der Waals surface area contributed by atoms with Gasteiger partial charge in [0.05, 0.1) is 13.5 Å². The van der Waals surface area contributed by atoms with E-state index in [9.17, 15) is 0 Å². The Labute approximate surface area is 102 Å². The summed E-state index contributed by atoms with van der Waals surface area (Å²) in [4.78, 5) is 0. The highest BCUT2D eigenvalue weighted by molar-refractivity contribution is 5.30. The van der Waals surface area contributed by atoms with Crippen LogP contribution in [0.15, 0.2) is 42.6 Å². The van der Waals surface area contributed by atoms with E-state index >= 15 is 0 Å². The van der Waals surface area contributed by atoms with Crippen LogP contribution in [0.3, 0.4) is 0 Å². The molecule has 2 rings (SSSR count). The largest absolute Gasteiger partial charge is 0.497 e. The Balaban J connectivity index is 2.25. The molecule has 1 aromatic carbocycles. The summed E-state index contributed by atoms with van der Waals surface area (Å²) >= 11 is 0. The van der Waals surface area contributed by atoms with Gasteiger partial charge in [-0.2, -0.15) is 0 Å². The van der Waals surface area contributed by atoms with E-state index in [4.69, 9.17) is 4.74 Å². The van der Waals surface area contributed by atoms with Gasteiger partial charge in [-0.05, 0) is 30.7 Å². The van der Waals surface area contributed by atoms with E-state index in [1.807, 2.05) is 12.1 Å². The molecule has 0 aliphatic heterocycles. The van der Waals surface area contributed by atoms with Crippen LogP contribution in [0.5, 0.6) is 5.75 Å². The van der Waals surface area contributed by atoms with Crippen molar-refractivity contribution in [3.05, 3.63) is 59.4 Å².